The van der Waals surface area contributed by atoms with E-state index in [1.165, 1.54) is 0 Å². The number of carboxylic acids is 1. The smallest absolute Gasteiger partial charge is 0.326 e. The van der Waals surface area contributed by atoms with Gasteiger partial charge in [-0.25, -0.2) is 4.79 Å². The van der Waals surface area contributed by atoms with Gasteiger partial charge >= 0.3 is 5.97 Å². The van der Waals surface area contributed by atoms with Crippen LogP contribution in [-0.4, -0.2) is 89.9 Å². The molecule has 0 saturated carbocycles. The summed E-state index contributed by atoms with van der Waals surface area (Å²) in [5, 5.41) is 23.5. The lowest BCUT2D eigenvalue weighted by Crippen LogP contribution is -2.60. The molecule has 3 rings (SSSR count). The van der Waals surface area contributed by atoms with Gasteiger partial charge in [0.2, 0.25) is 23.6 Å². The number of nitrogens with two attached hydrogens (primary N) is 3. The lowest BCUT2D eigenvalue weighted by Gasteiger charge is -2.28. The number of carboxylic acid groups (broad SMARTS) is 1. The van der Waals surface area contributed by atoms with E-state index in [-0.39, 0.29) is 50.5 Å². The second-order valence-corrected chi connectivity index (χ2v) is 14.3. The van der Waals surface area contributed by atoms with Gasteiger partial charge in [0.25, 0.3) is 5.91 Å². The molecule has 0 radical (unpaired) electrons. The van der Waals surface area contributed by atoms with Crippen molar-refractivity contribution in [1.29, 1.82) is 0 Å². The second-order valence-electron chi connectivity index (χ2n) is 14.3. The molecule has 5 atom stereocenters. The Bertz CT molecular complexity index is 1810. The highest BCUT2D eigenvalue weighted by Crippen LogP contribution is 2.11. The van der Waals surface area contributed by atoms with Crippen LogP contribution in [0.5, 0.6) is 0 Å². The van der Waals surface area contributed by atoms with Crippen LogP contribution in [0.25, 0.3) is 0 Å². The van der Waals surface area contributed by atoms with Crippen molar-refractivity contribution < 1.29 is 33.9 Å². The summed E-state index contributed by atoms with van der Waals surface area (Å²) >= 11 is 0. The fourth-order valence-corrected chi connectivity index (χ4v) is 6.07. The normalized spacial score (nSPS) is 13.4. The number of rotatable bonds is 24. The Kier molecular flexibility index (Phi) is 19.4. The van der Waals surface area contributed by atoms with Crippen LogP contribution in [0.2, 0.25) is 0 Å². The van der Waals surface area contributed by atoms with E-state index >= 15 is 0 Å². The third-order valence-corrected chi connectivity index (χ3v) is 9.24. The minimum atomic E-state index is -1.25. The summed E-state index contributed by atoms with van der Waals surface area (Å²) in [6.07, 6.45) is 1.53. The quantitative estimate of drug-likeness (QED) is 0.0354. The summed E-state index contributed by atoms with van der Waals surface area (Å²) in [7, 11) is 0. The Morgan fingerprint density at radius 2 is 1.03 bits per heavy atom. The van der Waals surface area contributed by atoms with Crippen molar-refractivity contribution >= 4 is 41.5 Å². The first kappa shape index (κ1) is 46.1. The highest BCUT2D eigenvalue weighted by Gasteiger charge is 2.33. The molecule has 0 unspecified atom stereocenters. The van der Waals surface area contributed by atoms with E-state index < -0.39 is 65.7 Å². The third kappa shape index (κ3) is 16.1. The molecule has 16 heteroatoms. The van der Waals surface area contributed by atoms with Crippen LogP contribution >= 0.6 is 0 Å². The van der Waals surface area contributed by atoms with Gasteiger partial charge in [0.05, 0.1) is 0 Å². The Hall–Kier alpha value is -6.29. The molecular formula is C42H57N9O7. The van der Waals surface area contributed by atoms with Gasteiger partial charge in [-0.1, -0.05) is 92.7 Å². The number of nitrogens with zero attached hydrogens (tertiary/aromatic N) is 1. The zero-order valence-electron chi connectivity index (χ0n) is 33.1. The molecule has 3 aromatic carbocycles. The number of carbonyl (C=O) groups is 6. The van der Waals surface area contributed by atoms with Crippen LogP contribution in [0.15, 0.2) is 96.0 Å². The van der Waals surface area contributed by atoms with Crippen molar-refractivity contribution in [3.63, 3.8) is 0 Å². The van der Waals surface area contributed by atoms with E-state index in [2.05, 4.69) is 31.6 Å². The molecule has 3 aromatic rings. The maximum Gasteiger partial charge on any atom is 0.326 e. The maximum absolute atomic E-state index is 14.2. The highest BCUT2D eigenvalue weighted by atomic mass is 16.4. The second kappa shape index (κ2) is 24.4. The Morgan fingerprint density at radius 1 is 0.586 bits per heavy atom. The molecular weight excluding hydrogens is 743 g/mol. The number of nitrogens with one attached hydrogen (secondary N) is 5. The van der Waals surface area contributed by atoms with E-state index in [1.54, 1.807) is 105 Å². The SMILES string of the molecule is CC(C)[C@H](NC(=O)c1ccccc1)C(=O)N[C@@H](CCCN=C(N)N)C(=O)N[C@@H](Cc1ccccc1)C(=O)N[C@@H](Cc1ccccc1)C(=O)N[C@@H](CCCCN)C(=O)O. The average molecular weight is 800 g/mol. The molecule has 16 nitrogen and oxygen atoms in total. The summed E-state index contributed by atoms with van der Waals surface area (Å²) in [6, 6.07) is 20.3. The fourth-order valence-electron chi connectivity index (χ4n) is 6.07. The molecule has 0 bridgehead atoms. The Balaban J connectivity index is 1.91. The lowest BCUT2D eigenvalue weighted by molar-refractivity contribution is -0.142. The summed E-state index contributed by atoms with van der Waals surface area (Å²) in [5.74, 6) is -4.98. The third-order valence-electron chi connectivity index (χ3n) is 9.24. The van der Waals surface area contributed by atoms with Crippen molar-refractivity contribution in [1.82, 2.24) is 26.6 Å². The largest absolute Gasteiger partial charge is 0.480 e. The van der Waals surface area contributed by atoms with Gasteiger partial charge in [-0.2, -0.15) is 0 Å². The molecule has 58 heavy (non-hydrogen) atoms. The summed E-state index contributed by atoms with van der Waals surface area (Å²) < 4.78 is 0. The number of hydrogen-bond acceptors (Lipinski definition) is 8. The van der Waals surface area contributed by atoms with Crippen molar-refractivity contribution in [3.8, 4) is 0 Å². The first-order valence-electron chi connectivity index (χ1n) is 19.4. The van der Waals surface area contributed by atoms with Gasteiger partial charge in [0, 0.05) is 24.9 Å². The molecule has 0 aliphatic rings. The van der Waals surface area contributed by atoms with Crippen molar-refractivity contribution in [3.05, 3.63) is 108 Å². The molecule has 0 fully saturated rings. The molecule has 0 aromatic heterocycles. The predicted molar refractivity (Wildman–Crippen MR) is 221 cm³/mol. The summed E-state index contributed by atoms with van der Waals surface area (Å²) in [6.45, 7) is 4.02. The van der Waals surface area contributed by atoms with E-state index in [0.29, 0.717) is 36.1 Å². The molecule has 0 aliphatic heterocycles. The molecule has 0 heterocycles. The van der Waals surface area contributed by atoms with Crippen LogP contribution in [0.3, 0.4) is 0 Å². The van der Waals surface area contributed by atoms with E-state index in [9.17, 15) is 33.9 Å². The van der Waals surface area contributed by atoms with Crippen LogP contribution < -0.4 is 43.8 Å². The average Bonchev–Trinajstić information content (AvgIpc) is 3.20. The Morgan fingerprint density at radius 3 is 1.50 bits per heavy atom. The number of carbonyl (C=O) groups excluding carboxylic acids is 5. The van der Waals surface area contributed by atoms with E-state index in [0.717, 1.165) is 0 Å². The van der Waals surface area contributed by atoms with Gasteiger partial charge in [-0.15, -0.1) is 0 Å². The van der Waals surface area contributed by atoms with Gasteiger partial charge in [-0.3, -0.25) is 29.0 Å². The fraction of sp³-hybridized carbons (Fsp3) is 0.405. The number of guanidine groups is 1. The molecule has 312 valence electrons. The minimum Gasteiger partial charge on any atom is -0.480 e. The standard InChI is InChI=1S/C42H57N9O7/c1-27(2)35(51-36(52)30-19-10-5-11-20-30)40(56)47-31(22-14-24-46-42(44)45)37(53)49-34(26-29-17-8-4-9-18-29)39(55)50-33(25-28-15-6-3-7-16-28)38(54)48-32(41(57)58)21-12-13-23-43/h3-11,15-20,27,31-35H,12-14,21-26,43H2,1-2H3,(H,47,56)(H,48,54)(H,49,53)(H,50,55)(H,51,52)(H,57,58)(H4,44,45,46)/t31-,32-,33-,34-,35-/m0/s1. The summed E-state index contributed by atoms with van der Waals surface area (Å²) in [4.78, 5) is 85.0. The minimum absolute atomic E-state index is 0.00531. The monoisotopic (exact) mass is 799 g/mol. The number of aliphatic imine (C=N–C) groups is 1. The van der Waals surface area contributed by atoms with E-state index in [1.807, 2.05) is 0 Å². The first-order valence-corrected chi connectivity index (χ1v) is 19.4. The predicted octanol–water partition coefficient (Wildman–Crippen LogP) is 1.13. The molecule has 0 saturated heterocycles. The van der Waals surface area contributed by atoms with Crippen LogP contribution in [-0.2, 0) is 36.8 Å². The topological polar surface area (TPSA) is 273 Å². The van der Waals surface area contributed by atoms with Crippen LogP contribution in [0, 0.1) is 5.92 Å². The number of benzene rings is 3. The van der Waals surface area contributed by atoms with Gasteiger partial charge in [-0.05, 0) is 67.8 Å². The lowest BCUT2D eigenvalue weighted by atomic mass is 10.00. The van der Waals surface area contributed by atoms with Gasteiger partial charge in [0.1, 0.15) is 30.2 Å². The molecule has 12 N–H and O–H groups in total. The maximum atomic E-state index is 14.2. The first-order chi connectivity index (χ1) is 27.8. The van der Waals surface area contributed by atoms with Gasteiger partial charge in [0.15, 0.2) is 5.96 Å². The zero-order valence-corrected chi connectivity index (χ0v) is 33.1. The number of unbranched alkanes of at least 4 members (excludes halogenated alkanes) is 1. The van der Waals surface area contributed by atoms with Crippen molar-refractivity contribution in [2.45, 2.75) is 89.0 Å². The molecule has 0 aliphatic carbocycles. The molecule has 5 amide bonds. The molecule has 0 spiro atoms. The van der Waals surface area contributed by atoms with E-state index in [4.69, 9.17) is 17.2 Å². The van der Waals surface area contributed by atoms with Crippen molar-refractivity contribution in [2.24, 2.45) is 28.1 Å². The number of aliphatic carboxylic acids is 1. The highest BCUT2D eigenvalue weighted by molar-refractivity contribution is 5.99. The number of hydrogen-bond donors (Lipinski definition) is 9. The van der Waals surface area contributed by atoms with Gasteiger partial charge < -0.3 is 48.9 Å². The van der Waals surface area contributed by atoms with Crippen molar-refractivity contribution in [2.75, 3.05) is 13.1 Å². The zero-order chi connectivity index (χ0) is 42.5. The van der Waals surface area contributed by atoms with Crippen LogP contribution in [0.4, 0.5) is 0 Å². The summed E-state index contributed by atoms with van der Waals surface area (Å²) in [5.41, 5.74) is 18.3. The number of amides is 5. The van der Waals surface area contributed by atoms with Crippen LogP contribution in [0.1, 0.15) is 67.4 Å². The Labute approximate surface area is 339 Å².